The Bertz CT molecular complexity index is 756. The molecule has 2 aromatic rings. The lowest BCUT2D eigenvalue weighted by atomic mass is 10.5. The summed E-state index contributed by atoms with van der Waals surface area (Å²) < 4.78 is 27.5. The van der Waals surface area contributed by atoms with E-state index in [9.17, 15) is 13.2 Å². The van der Waals surface area contributed by atoms with Gasteiger partial charge in [0, 0.05) is 12.7 Å². The molecular weight excluding hydrogens is 304 g/mol. The monoisotopic (exact) mass is 316 g/mol. The molecule has 9 heteroatoms. The third kappa shape index (κ3) is 2.49. The van der Waals surface area contributed by atoms with Crippen molar-refractivity contribution in [1.29, 1.82) is 0 Å². The second kappa shape index (κ2) is 5.39. The van der Waals surface area contributed by atoms with Crippen LogP contribution in [0.3, 0.4) is 0 Å². The van der Waals surface area contributed by atoms with Crippen molar-refractivity contribution in [1.82, 2.24) is 13.7 Å². The Morgan fingerprint density at radius 3 is 2.80 bits per heavy atom. The largest absolute Gasteiger partial charge is 0.369 e. The predicted molar refractivity (Wildman–Crippen MR) is 73.8 cm³/mol. The number of hydrogen-bond donors (Lipinski definition) is 1. The van der Waals surface area contributed by atoms with Gasteiger partial charge in [-0.3, -0.25) is 9.20 Å². The highest BCUT2D eigenvalue weighted by Crippen LogP contribution is 2.25. The highest BCUT2D eigenvalue weighted by Gasteiger charge is 2.30. The van der Waals surface area contributed by atoms with Gasteiger partial charge in [-0.1, -0.05) is 24.6 Å². The minimum atomic E-state index is -3.96. The van der Waals surface area contributed by atoms with Crippen LogP contribution in [0, 0.1) is 0 Å². The minimum Gasteiger partial charge on any atom is -0.369 e. The summed E-state index contributed by atoms with van der Waals surface area (Å²) in [5.74, 6) is -0.736. The van der Waals surface area contributed by atoms with Crippen molar-refractivity contribution in [2.75, 3.05) is 13.1 Å². The van der Waals surface area contributed by atoms with Gasteiger partial charge in [0.1, 0.15) is 5.65 Å². The zero-order valence-corrected chi connectivity index (χ0v) is 12.2. The van der Waals surface area contributed by atoms with E-state index in [0.717, 1.165) is 4.31 Å². The molecule has 7 nitrogen and oxygen atoms in total. The van der Waals surface area contributed by atoms with Crippen molar-refractivity contribution in [2.24, 2.45) is 5.73 Å². The standard InChI is InChI=1S/C11H13ClN4O3S/c1-2-15(7-8(13)17)20(18,19)11-10(12)14-9-5-3-4-6-16(9)11/h3-6H,2,7H2,1H3,(H2,13,17). The molecule has 0 bridgehead atoms. The van der Waals surface area contributed by atoms with Crippen LogP contribution < -0.4 is 5.73 Å². The van der Waals surface area contributed by atoms with Gasteiger partial charge in [0.25, 0.3) is 10.0 Å². The van der Waals surface area contributed by atoms with E-state index in [-0.39, 0.29) is 16.7 Å². The molecule has 0 aromatic carbocycles. The summed E-state index contributed by atoms with van der Waals surface area (Å²) in [6.07, 6.45) is 1.54. The van der Waals surface area contributed by atoms with E-state index < -0.39 is 22.5 Å². The first kappa shape index (κ1) is 14.8. The molecule has 0 spiro atoms. The highest BCUT2D eigenvalue weighted by atomic mass is 35.5. The molecule has 0 aliphatic carbocycles. The molecule has 1 amide bonds. The number of nitrogens with zero attached hydrogens (tertiary/aromatic N) is 3. The van der Waals surface area contributed by atoms with Crippen molar-refractivity contribution in [2.45, 2.75) is 11.9 Å². The molecule has 0 saturated carbocycles. The first-order valence-electron chi connectivity index (χ1n) is 5.79. The van der Waals surface area contributed by atoms with Gasteiger partial charge >= 0.3 is 0 Å². The van der Waals surface area contributed by atoms with Gasteiger partial charge in [-0.2, -0.15) is 4.31 Å². The number of primary amides is 1. The highest BCUT2D eigenvalue weighted by molar-refractivity contribution is 7.89. The number of imidazole rings is 1. The molecule has 0 aliphatic heterocycles. The molecule has 2 N–H and O–H groups in total. The topological polar surface area (TPSA) is 97.8 Å². The second-order valence-electron chi connectivity index (χ2n) is 4.03. The van der Waals surface area contributed by atoms with E-state index in [2.05, 4.69) is 4.98 Å². The summed E-state index contributed by atoms with van der Waals surface area (Å²) in [4.78, 5) is 15.0. The zero-order chi connectivity index (χ0) is 14.9. The molecule has 0 saturated heterocycles. The number of carbonyl (C=O) groups is 1. The van der Waals surface area contributed by atoms with Crippen molar-refractivity contribution in [3.05, 3.63) is 29.5 Å². The van der Waals surface area contributed by atoms with Crippen molar-refractivity contribution < 1.29 is 13.2 Å². The lowest BCUT2D eigenvalue weighted by Crippen LogP contribution is -2.38. The number of nitrogens with two attached hydrogens (primary N) is 1. The van der Waals surface area contributed by atoms with Crippen LogP contribution in [0.25, 0.3) is 5.65 Å². The third-order valence-corrected chi connectivity index (χ3v) is 5.04. The van der Waals surface area contributed by atoms with Gasteiger partial charge in [-0.15, -0.1) is 0 Å². The van der Waals surface area contributed by atoms with Crippen molar-refractivity contribution in [3.8, 4) is 0 Å². The Morgan fingerprint density at radius 1 is 1.50 bits per heavy atom. The van der Waals surface area contributed by atoms with Crippen LogP contribution in [0.1, 0.15) is 6.92 Å². The fourth-order valence-corrected chi connectivity index (χ4v) is 3.85. The van der Waals surface area contributed by atoms with Gasteiger partial charge in [-0.05, 0) is 12.1 Å². The van der Waals surface area contributed by atoms with E-state index in [4.69, 9.17) is 17.3 Å². The molecule has 0 fully saturated rings. The Kier molecular flexibility index (Phi) is 3.98. The smallest absolute Gasteiger partial charge is 0.262 e. The van der Waals surface area contributed by atoms with Crippen LogP contribution in [0.5, 0.6) is 0 Å². The molecule has 2 heterocycles. The Morgan fingerprint density at radius 2 is 2.20 bits per heavy atom. The van der Waals surface area contributed by atoms with Crippen LogP contribution in [-0.2, 0) is 14.8 Å². The van der Waals surface area contributed by atoms with Crippen molar-refractivity contribution >= 4 is 33.2 Å². The van der Waals surface area contributed by atoms with Gasteiger partial charge in [-0.25, -0.2) is 13.4 Å². The van der Waals surface area contributed by atoms with Gasteiger partial charge < -0.3 is 5.73 Å². The van der Waals surface area contributed by atoms with E-state index >= 15 is 0 Å². The number of halogens is 1. The Hall–Kier alpha value is -1.64. The molecule has 20 heavy (non-hydrogen) atoms. The maximum absolute atomic E-state index is 12.6. The number of sulfonamides is 1. The summed E-state index contributed by atoms with van der Waals surface area (Å²) in [6, 6.07) is 5.01. The molecular formula is C11H13ClN4O3S. The molecule has 2 aromatic heterocycles. The van der Waals surface area contributed by atoms with E-state index in [1.54, 1.807) is 31.3 Å². The summed E-state index contributed by atoms with van der Waals surface area (Å²) in [5, 5.41) is -0.308. The maximum Gasteiger partial charge on any atom is 0.262 e. The third-order valence-electron chi connectivity index (χ3n) is 2.72. The van der Waals surface area contributed by atoms with Gasteiger partial charge in [0.05, 0.1) is 6.54 Å². The van der Waals surface area contributed by atoms with Crippen molar-refractivity contribution in [3.63, 3.8) is 0 Å². The molecule has 2 rings (SSSR count). The number of carbonyl (C=O) groups excluding carboxylic acids is 1. The summed E-state index contributed by atoms with van der Waals surface area (Å²) in [5.41, 5.74) is 5.48. The van der Waals surface area contributed by atoms with Crippen LogP contribution in [0.2, 0.25) is 5.15 Å². The fourth-order valence-electron chi connectivity index (χ4n) is 1.84. The normalized spacial score (nSPS) is 12.2. The Labute approximate surface area is 121 Å². The Balaban J connectivity index is 2.62. The lowest BCUT2D eigenvalue weighted by molar-refractivity contribution is -0.118. The average molecular weight is 317 g/mol. The molecule has 0 radical (unpaired) electrons. The zero-order valence-electron chi connectivity index (χ0n) is 10.7. The first-order chi connectivity index (χ1) is 9.37. The molecule has 108 valence electrons. The number of amides is 1. The van der Waals surface area contributed by atoms with E-state index in [1.807, 2.05) is 0 Å². The van der Waals surface area contributed by atoms with Crippen LogP contribution in [0.4, 0.5) is 0 Å². The van der Waals surface area contributed by atoms with E-state index in [0.29, 0.717) is 5.65 Å². The number of aromatic nitrogens is 2. The lowest BCUT2D eigenvalue weighted by Gasteiger charge is -2.18. The summed E-state index contributed by atoms with van der Waals surface area (Å²) >= 11 is 5.94. The first-order valence-corrected chi connectivity index (χ1v) is 7.60. The van der Waals surface area contributed by atoms with Crippen LogP contribution in [0.15, 0.2) is 29.4 Å². The second-order valence-corrected chi connectivity index (χ2v) is 6.25. The average Bonchev–Trinajstić information content (AvgIpc) is 2.71. The molecule has 0 unspecified atom stereocenters. The summed E-state index contributed by atoms with van der Waals surface area (Å²) in [6.45, 7) is 1.30. The number of hydrogen-bond acceptors (Lipinski definition) is 4. The van der Waals surface area contributed by atoms with Crippen LogP contribution in [-0.4, -0.2) is 41.1 Å². The minimum absolute atomic E-state index is 0.0989. The predicted octanol–water partition coefficient (Wildman–Crippen LogP) is 0.484. The van der Waals surface area contributed by atoms with Crippen LogP contribution >= 0.6 is 11.6 Å². The maximum atomic E-state index is 12.6. The fraction of sp³-hybridized carbons (Fsp3) is 0.273. The van der Waals surface area contributed by atoms with Gasteiger partial charge in [0.15, 0.2) is 10.2 Å². The molecule has 0 atom stereocenters. The number of likely N-dealkylation sites (N-methyl/N-ethyl adjacent to an activating group) is 1. The summed E-state index contributed by atoms with van der Waals surface area (Å²) in [7, 11) is -3.96. The molecule has 0 aliphatic rings. The number of fused-ring (bicyclic) bond motifs is 1. The number of rotatable bonds is 5. The SMILES string of the molecule is CCN(CC(N)=O)S(=O)(=O)c1c(Cl)nc2ccccn12. The van der Waals surface area contributed by atoms with Gasteiger partial charge in [0.2, 0.25) is 5.91 Å². The quantitative estimate of drug-likeness (QED) is 0.867. The number of pyridine rings is 1. The van der Waals surface area contributed by atoms with E-state index in [1.165, 1.54) is 4.40 Å².